The Balaban J connectivity index is 1.65. The largest absolute Gasteiger partial charge is 0.502 e. The van der Waals surface area contributed by atoms with Gasteiger partial charge in [-0.2, -0.15) is 0 Å². The van der Waals surface area contributed by atoms with Gasteiger partial charge in [0, 0.05) is 18.7 Å². The third-order valence-electron chi connectivity index (χ3n) is 2.92. The van der Waals surface area contributed by atoms with Crippen LogP contribution in [0.4, 0.5) is 0 Å². The average Bonchev–Trinajstić information content (AvgIpc) is 3.12. The summed E-state index contributed by atoms with van der Waals surface area (Å²) in [5.74, 6) is 0.0334. The maximum Gasteiger partial charge on any atom is 0.226 e. The average molecular weight is 262 g/mol. The fraction of sp³-hybridized carbons (Fsp3) is 0.417. The molecule has 0 spiro atoms. The van der Waals surface area contributed by atoms with Crippen molar-refractivity contribution in [3.63, 3.8) is 0 Å². The Morgan fingerprint density at radius 3 is 3.11 bits per heavy atom. The second kappa shape index (κ2) is 4.85. The first-order valence-corrected chi connectivity index (χ1v) is 6.14. The molecular formula is C12H14N4O3. The van der Waals surface area contributed by atoms with Gasteiger partial charge in [-0.25, -0.2) is 4.68 Å². The highest BCUT2D eigenvalue weighted by Gasteiger charge is 2.20. The smallest absolute Gasteiger partial charge is 0.226 e. The van der Waals surface area contributed by atoms with E-state index in [1.807, 2.05) is 6.20 Å². The molecule has 2 aromatic heterocycles. The number of aromatic hydroxyl groups is 1. The Bertz CT molecular complexity index is 630. The molecule has 1 aliphatic rings. The van der Waals surface area contributed by atoms with Crippen LogP contribution in [-0.4, -0.2) is 26.1 Å². The second-order valence-electron chi connectivity index (χ2n) is 4.66. The summed E-state index contributed by atoms with van der Waals surface area (Å²) in [6.45, 7) is 1.01. The molecule has 0 aromatic carbocycles. The Kier molecular flexibility index (Phi) is 3.04. The van der Waals surface area contributed by atoms with Crippen LogP contribution < -0.4 is 10.7 Å². The van der Waals surface area contributed by atoms with Gasteiger partial charge in [-0.15, -0.1) is 5.10 Å². The van der Waals surface area contributed by atoms with Crippen molar-refractivity contribution in [2.45, 2.75) is 32.0 Å². The number of aromatic nitrogens is 3. The van der Waals surface area contributed by atoms with Crippen LogP contribution in [0.3, 0.4) is 0 Å². The molecular weight excluding hydrogens is 248 g/mol. The van der Waals surface area contributed by atoms with Crippen LogP contribution in [0, 0.1) is 0 Å². The predicted molar refractivity (Wildman–Crippen MR) is 65.6 cm³/mol. The van der Waals surface area contributed by atoms with Gasteiger partial charge in [-0.1, -0.05) is 5.21 Å². The van der Waals surface area contributed by atoms with Gasteiger partial charge < -0.3 is 14.8 Å². The highest BCUT2D eigenvalue weighted by atomic mass is 16.4. The molecule has 7 heteroatoms. The summed E-state index contributed by atoms with van der Waals surface area (Å²) in [6, 6.07) is 1.87. The van der Waals surface area contributed by atoms with Crippen molar-refractivity contribution < 1.29 is 9.52 Å². The van der Waals surface area contributed by atoms with Crippen LogP contribution in [0.2, 0.25) is 0 Å². The molecule has 1 saturated carbocycles. The van der Waals surface area contributed by atoms with E-state index >= 15 is 0 Å². The van der Waals surface area contributed by atoms with E-state index in [4.69, 9.17) is 9.52 Å². The second-order valence-corrected chi connectivity index (χ2v) is 4.66. The monoisotopic (exact) mass is 262 g/mol. The summed E-state index contributed by atoms with van der Waals surface area (Å²) in [6.07, 6.45) is 5.30. The standard InChI is InChI=1S/C12H14N4O3/c17-11-3-10(19-7-12(11)18)6-16-5-9(14-15-16)4-13-8-1-2-8/h3,5,7-8,13,18H,1-2,4,6H2. The van der Waals surface area contributed by atoms with Crippen molar-refractivity contribution in [1.82, 2.24) is 20.3 Å². The topological polar surface area (TPSA) is 93.2 Å². The minimum absolute atomic E-state index is 0.311. The molecule has 1 aliphatic carbocycles. The lowest BCUT2D eigenvalue weighted by Gasteiger charge is -1.99. The van der Waals surface area contributed by atoms with E-state index in [0.717, 1.165) is 12.0 Å². The summed E-state index contributed by atoms with van der Waals surface area (Å²) < 4.78 is 6.70. The fourth-order valence-electron chi connectivity index (χ4n) is 1.72. The van der Waals surface area contributed by atoms with E-state index in [0.29, 0.717) is 24.9 Å². The summed E-state index contributed by atoms with van der Waals surface area (Å²) in [7, 11) is 0. The minimum Gasteiger partial charge on any atom is -0.502 e. The van der Waals surface area contributed by atoms with Crippen molar-refractivity contribution in [1.29, 1.82) is 0 Å². The summed E-state index contributed by atoms with van der Waals surface area (Å²) >= 11 is 0. The van der Waals surface area contributed by atoms with Crippen molar-refractivity contribution >= 4 is 0 Å². The molecule has 2 aromatic rings. The first kappa shape index (κ1) is 11.9. The molecule has 2 heterocycles. The molecule has 0 aliphatic heterocycles. The predicted octanol–water partition coefficient (Wildman–Crippen LogP) is 0.237. The fourth-order valence-corrected chi connectivity index (χ4v) is 1.72. The molecule has 0 saturated heterocycles. The van der Waals surface area contributed by atoms with Gasteiger partial charge in [-0.05, 0) is 12.8 Å². The zero-order valence-corrected chi connectivity index (χ0v) is 10.2. The van der Waals surface area contributed by atoms with Crippen LogP contribution in [0.1, 0.15) is 24.3 Å². The van der Waals surface area contributed by atoms with Crippen LogP contribution in [0.5, 0.6) is 5.75 Å². The Morgan fingerprint density at radius 1 is 1.53 bits per heavy atom. The highest BCUT2D eigenvalue weighted by molar-refractivity contribution is 5.15. The molecule has 1 fully saturated rings. The van der Waals surface area contributed by atoms with Crippen molar-refractivity contribution in [3.8, 4) is 5.75 Å². The third kappa shape index (κ3) is 3.00. The zero-order valence-electron chi connectivity index (χ0n) is 10.2. The van der Waals surface area contributed by atoms with Crippen molar-refractivity contribution in [2.24, 2.45) is 0 Å². The SMILES string of the molecule is O=c1cc(Cn2cc(CNC3CC3)nn2)occ1O. The van der Waals surface area contributed by atoms with Gasteiger partial charge in [0.1, 0.15) is 18.6 Å². The molecule has 0 bridgehead atoms. The normalized spacial score (nSPS) is 14.7. The minimum atomic E-state index is -0.461. The number of rotatable bonds is 5. The summed E-state index contributed by atoms with van der Waals surface area (Å²) in [5, 5.41) is 20.4. The van der Waals surface area contributed by atoms with Crippen LogP contribution in [-0.2, 0) is 13.1 Å². The lowest BCUT2D eigenvalue weighted by molar-refractivity contribution is 0.403. The van der Waals surface area contributed by atoms with Gasteiger partial charge in [0.2, 0.25) is 5.43 Å². The van der Waals surface area contributed by atoms with E-state index in [2.05, 4.69) is 15.6 Å². The van der Waals surface area contributed by atoms with Gasteiger partial charge in [0.05, 0.1) is 11.9 Å². The zero-order chi connectivity index (χ0) is 13.2. The van der Waals surface area contributed by atoms with Crippen LogP contribution in [0.25, 0.3) is 0 Å². The molecule has 0 radical (unpaired) electrons. The van der Waals surface area contributed by atoms with E-state index in [1.165, 1.54) is 18.9 Å². The van der Waals surface area contributed by atoms with Gasteiger partial charge in [-0.3, -0.25) is 4.79 Å². The van der Waals surface area contributed by atoms with Crippen LogP contribution in [0.15, 0.2) is 27.7 Å². The number of nitrogens with one attached hydrogen (secondary N) is 1. The van der Waals surface area contributed by atoms with E-state index in [-0.39, 0.29) is 0 Å². The molecule has 2 N–H and O–H groups in total. The van der Waals surface area contributed by atoms with Crippen molar-refractivity contribution in [3.05, 3.63) is 40.2 Å². The first-order valence-electron chi connectivity index (χ1n) is 6.14. The summed E-state index contributed by atoms with van der Waals surface area (Å²) in [4.78, 5) is 11.3. The molecule has 0 unspecified atom stereocenters. The Labute approximate surface area is 108 Å². The third-order valence-corrected chi connectivity index (χ3v) is 2.92. The van der Waals surface area contributed by atoms with Gasteiger partial charge in [0.15, 0.2) is 5.75 Å². The maximum absolute atomic E-state index is 11.3. The molecule has 3 rings (SSSR count). The lowest BCUT2D eigenvalue weighted by atomic mass is 10.3. The van der Waals surface area contributed by atoms with Crippen molar-refractivity contribution in [2.75, 3.05) is 0 Å². The molecule has 19 heavy (non-hydrogen) atoms. The Hall–Kier alpha value is -2.15. The molecule has 100 valence electrons. The maximum atomic E-state index is 11.3. The first-order chi connectivity index (χ1) is 9.20. The lowest BCUT2D eigenvalue weighted by Crippen LogP contribution is -2.15. The van der Waals surface area contributed by atoms with E-state index < -0.39 is 11.2 Å². The van der Waals surface area contributed by atoms with E-state index in [9.17, 15) is 4.79 Å². The molecule has 0 amide bonds. The quantitative estimate of drug-likeness (QED) is 0.801. The molecule has 7 nitrogen and oxygen atoms in total. The number of nitrogens with zero attached hydrogens (tertiary/aromatic N) is 3. The molecule has 0 atom stereocenters. The van der Waals surface area contributed by atoms with Gasteiger partial charge in [0.25, 0.3) is 0 Å². The van der Waals surface area contributed by atoms with Gasteiger partial charge >= 0.3 is 0 Å². The van der Waals surface area contributed by atoms with E-state index in [1.54, 1.807) is 4.68 Å². The summed E-state index contributed by atoms with van der Waals surface area (Å²) in [5.41, 5.74) is 0.394. The van der Waals surface area contributed by atoms with Crippen LogP contribution >= 0.6 is 0 Å². The number of hydrogen-bond acceptors (Lipinski definition) is 6. The number of hydrogen-bond donors (Lipinski definition) is 2. The highest BCUT2D eigenvalue weighted by Crippen LogP contribution is 2.18. The Morgan fingerprint density at radius 2 is 2.37 bits per heavy atom.